The number of halogens is 3. The molecule has 0 fully saturated rings. The van der Waals surface area contributed by atoms with Gasteiger partial charge in [0.1, 0.15) is 11.0 Å². The number of nitrogens with zero attached hydrogens (tertiary/aromatic N) is 2. The van der Waals surface area contributed by atoms with E-state index in [1.165, 1.54) is 16.8 Å². The average Bonchev–Trinajstić information content (AvgIpc) is 2.66. The Morgan fingerprint density at radius 3 is 2.61 bits per heavy atom. The molecule has 2 aromatic rings. The van der Waals surface area contributed by atoms with Crippen molar-refractivity contribution in [2.75, 3.05) is 0 Å². The molecule has 0 amide bonds. The molecule has 2 rings (SSSR count). The molecule has 0 N–H and O–H groups in total. The van der Waals surface area contributed by atoms with Crippen LogP contribution in [0.15, 0.2) is 24.3 Å². The number of hydrogen-bond donors (Lipinski definition) is 0. The topological polar surface area (TPSA) is 17.8 Å². The third-order valence-corrected chi connectivity index (χ3v) is 3.34. The molecule has 0 aliphatic heterocycles. The summed E-state index contributed by atoms with van der Waals surface area (Å²) in [6.07, 6.45) is 0. The molecule has 1 aromatic heterocycles. The second-order valence-electron chi connectivity index (χ2n) is 4.33. The van der Waals surface area contributed by atoms with E-state index >= 15 is 0 Å². The molecule has 0 radical (unpaired) electrons. The third kappa shape index (κ3) is 2.38. The monoisotopic (exact) mass is 286 g/mol. The largest absolute Gasteiger partial charge is 0.221 e. The molecule has 1 heterocycles. The van der Waals surface area contributed by atoms with Crippen LogP contribution in [0.25, 0.3) is 5.69 Å². The fourth-order valence-corrected chi connectivity index (χ4v) is 2.44. The van der Waals surface area contributed by atoms with Gasteiger partial charge in [-0.25, -0.2) is 9.07 Å². The zero-order chi connectivity index (χ0) is 13.3. The highest BCUT2D eigenvalue weighted by Gasteiger charge is 2.18. The molecular formula is C13H13Cl2FN2. The van der Waals surface area contributed by atoms with Crippen LogP contribution >= 0.6 is 23.2 Å². The molecule has 0 spiro atoms. The number of hydrogen-bond acceptors (Lipinski definition) is 1. The van der Waals surface area contributed by atoms with Gasteiger partial charge in [0.2, 0.25) is 0 Å². The van der Waals surface area contributed by atoms with Crippen molar-refractivity contribution in [1.82, 2.24) is 9.78 Å². The van der Waals surface area contributed by atoms with E-state index in [-0.39, 0.29) is 11.7 Å². The Labute approximate surface area is 115 Å². The van der Waals surface area contributed by atoms with Gasteiger partial charge in [-0.2, -0.15) is 5.10 Å². The van der Waals surface area contributed by atoms with Gasteiger partial charge in [-0.3, -0.25) is 0 Å². The molecule has 0 bridgehead atoms. The molecule has 5 heteroatoms. The summed E-state index contributed by atoms with van der Waals surface area (Å²) in [6, 6.07) is 6.15. The summed E-state index contributed by atoms with van der Waals surface area (Å²) in [6.45, 7) is 4.04. The Morgan fingerprint density at radius 1 is 1.39 bits per heavy atom. The third-order valence-electron chi connectivity index (χ3n) is 2.69. The van der Waals surface area contributed by atoms with Crippen molar-refractivity contribution in [3.63, 3.8) is 0 Å². The van der Waals surface area contributed by atoms with Crippen molar-refractivity contribution < 1.29 is 4.39 Å². The lowest BCUT2D eigenvalue weighted by atomic mass is 10.1. The highest BCUT2D eigenvalue weighted by Crippen LogP contribution is 2.29. The van der Waals surface area contributed by atoms with Crippen LogP contribution in [0, 0.1) is 5.82 Å². The van der Waals surface area contributed by atoms with Gasteiger partial charge in [0, 0.05) is 5.56 Å². The van der Waals surface area contributed by atoms with Crippen LogP contribution in [-0.4, -0.2) is 9.78 Å². The first-order chi connectivity index (χ1) is 8.54. The lowest BCUT2D eigenvalue weighted by molar-refractivity contribution is 0.625. The minimum absolute atomic E-state index is 0.214. The van der Waals surface area contributed by atoms with Crippen LogP contribution in [-0.2, 0) is 5.88 Å². The van der Waals surface area contributed by atoms with E-state index in [0.717, 1.165) is 11.3 Å². The Bertz CT molecular complexity index is 564. The number of rotatable bonds is 3. The first kappa shape index (κ1) is 13.4. The second kappa shape index (κ2) is 5.29. The van der Waals surface area contributed by atoms with Gasteiger partial charge in [-0.05, 0) is 24.1 Å². The second-order valence-corrected chi connectivity index (χ2v) is 4.96. The number of alkyl halides is 1. The van der Waals surface area contributed by atoms with E-state index in [0.29, 0.717) is 16.7 Å². The average molecular weight is 287 g/mol. The molecule has 0 saturated carbocycles. The zero-order valence-electron chi connectivity index (χ0n) is 10.1. The van der Waals surface area contributed by atoms with Crippen molar-refractivity contribution >= 4 is 23.2 Å². The minimum Gasteiger partial charge on any atom is -0.221 e. The summed E-state index contributed by atoms with van der Waals surface area (Å²) in [5.74, 6) is 0.186. The van der Waals surface area contributed by atoms with Crippen LogP contribution in [0.4, 0.5) is 4.39 Å². The predicted octanol–water partition coefficient (Wildman–Crippen LogP) is 4.53. The smallest absolute Gasteiger partial charge is 0.137 e. The van der Waals surface area contributed by atoms with Gasteiger partial charge >= 0.3 is 0 Å². The maximum absolute atomic E-state index is 13.2. The van der Waals surface area contributed by atoms with Crippen LogP contribution in [0.1, 0.15) is 31.0 Å². The fourth-order valence-electron chi connectivity index (χ4n) is 1.81. The van der Waals surface area contributed by atoms with Crippen molar-refractivity contribution in [3.05, 3.63) is 46.5 Å². The molecule has 0 atom stereocenters. The van der Waals surface area contributed by atoms with Gasteiger partial charge < -0.3 is 0 Å². The Hall–Kier alpha value is -1.06. The molecule has 96 valence electrons. The fraction of sp³-hybridized carbons (Fsp3) is 0.308. The van der Waals surface area contributed by atoms with Crippen molar-refractivity contribution in [3.8, 4) is 5.69 Å². The van der Waals surface area contributed by atoms with Crippen LogP contribution in [0.2, 0.25) is 5.15 Å². The highest BCUT2D eigenvalue weighted by molar-refractivity contribution is 6.31. The van der Waals surface area contributed by atoms with E-state index in [9.17, 15) is 4.39 Å². The highest BCUT2D eigenvalue weighted by atomic mass is 35.5. The lowest BCUT2D eigenvalue weighted by Gasteiger charge is -2.03. The molecule has 0 saturated heterocycles. The van der Waals surface area contributed by atoms with Gasteiger partial charge in [-0.1, -0.05) is 31.5 Å². The molecule has 0 aliphatic carbocycles. The molecule has 0 unspecified atom stereocenters. The Morgan fingerprint density at radius 2 is 2.11 bits per heavy atom. The summed E-state index contributed by atoms with van der Waals surface area (Å²) >= 11 is 12.2. The first-order valence-corrected chi connectivity index (χ1v) is 6.55. The van der Waals surface area contributed by atoms with Crippen molar-refractivity contribution in [2.45, 2.75) is 25.6 Å². The maximum Gasteiger partial charge on any atom is 0.137 e. The van der Waals surface area contributed by atoms with Crippen LogP contribution < -0.4 is 0 Å². The normalized spacial score (nSPS) is 11.2. The molecule has 18 heavy (non-hydrogen) atoms. The first-order valence-electron chi connectivity index (χ1n) is 5.63. The zero-order valence-corrected chi connectivity index (χ0v) is 11.6. The van der Waals surface area contributed by atoms with Gasteiger partial charge in [0.25, 0.3) is 0 Å². The molecule has 0 aliphatic rings. The maximum atomic E-state index is 13.2. The van der Waals surface area contributed by atoms with Gasteiger partial charge in [0.05, 0.1) is 17.3 Å². The minimum atomic E-state index is -0.322. The molecular weight excluding hydrogens is 274 g/mol. The van der Waals surface area contributed by atoms with E-state index in [1.54, 1.807) is 12.1 Å². The lowest BCUT2D eigenvalue weighted by Crippen LogP contribution is -1.98. The van der Waals surface area contributed by atoms with Gasteiger partial charge in [0.15, 0.2) is 0 Å². The van der Waals surface area contributed by atoms with E-state index in [4.69, 9.17) is 23.2 Å². The predicted molar refractivity (Wildman–Crippen MR) is 72.2 cm³/mol. The summed E-state index contributed by atoms with van der Waals surface area (Å²) in [4.78, 5) is 0. The number of aromatic nitrogens is 2. The van der Waals surface area contributed by atoms with Crippen LogP contribution in [0.3, 0.4) is 0 Å². The molecule has 1 aromatic carbocycles. The summed E-state index contributed by atoms with van der Waals surface area (Å²) in [5.41, 5.74) is 2.25. The SMILES string of the molecule is CC(C)c1nn(-c2cccc(F)c2)c(Cl)c1CCl. The van der Waals surface area contributed by atoms with E-state index in [1.807, 2.05) is 13.8 Å². The van der Waals surface area contributed by atoms with Gasteiger partial charge in [-0.15, -0.1) is 11.6 Å². The Kier molecular flexibility index (Phi) is 3.93. The summed E-state index contributed by atoms with van der Waals surface area (Å²) < 4.78 is 14.7. The van der Waals surface area contributed by atoms with Crippen LogP contribution in [0.5, 0.6) is 0 Å². The molecule has 2 nitrogen and oxygen atoms in total. The van der Waals surface area contributed by atoms with E-state index in [2.05, 4.69) is 5.10 Å². The van der Waals surface area contributed by atoms with Crippen molar-refractivity contribution in [2.24, 2.45) is 0 Å². The quantitative estimate of drug-likeness (QED) is 0.758. The standard InChI is InChI=1S/C13H13Cl2FN2/c1-8(2)12-11(7-14)13(15)18(17-12)10-5-3-4-9(16)6-10/h3-6,8H,7H2,1-2H3. The number of benzene rings is 1. The van der Waals surface area contributed by atoms with Crippen molar-refractivity contribution in [1.29, 1.82) is 0 Å². The Balaban J connectivity index is 2.59. The summed E-state index contributed by atoms with van der Waals surface area (Å²) in [5, 5.41) is 4.87. The van der Waals surface area contributed by atoms with E-state index < -0.39 is 0 Å². The summed E-state index contributed by atoms with van der Waals surface area (Å²) in [7, 11) is 0.